The quantitative estimate of drug-likeness (QED) is 0.895. The molecule has 1 atom stereocenters. The van der Waals surface area contributed by atoms with Crippen LogP contribution in [-0.4, -0.2) is 41.8 Å². The van der Waals surface area contributed by atoms with E-state index in [2.05, 4.69) is 5.32 Å². The van der Waals surface area contributed by atoms with E-state index in [4.69, 9.17) is 4.74 Å². The van der Waals surface area contributed by atoms with Crippen LogP contribution in [0.5, 0.6) is 5.75 Å². The van der Waals surface area contributed by atoms with Crippen molar-refractivity contribution in [2.45, 2.75) is 25.4 Å². The van der Waals surface area contributed by atoms with Crippen LogP contribution in [0.4, 0.5) is 14.9 Å². The van der Waals surface area contributed by atoms with Crippen LogP contribution in [0.1, 0.15) is 19.3 Å². The second kappa shape index (κ2) is 5.89. The van der Waals surface area contributed by atoms with E-state index >= 15 is 0 Å². The lowest BCUT2D eigenvalue weighted by atomic mass is 10.3. The number of hydrogen-bond acceptors (Lipinski definition) is 3. The summed E-state index contributed by atoms with van der Waals surface area (Å²) in [6.07, 6.45) is 2.40. The van der Waals surface area contributed by atoms with Gasteiger partial charge in [-0.3, -0.25) is 0 Å². The molecule has 2 fully saturated rings. The van der Waals surface area contributed by atoms with Gasteiger partial charge in [0.15, 0.2) is 0 Å². The minimum atomic E-state index is -0.463. The highest BCUT2D eigenvalue weighted by molar-refractivity contribution is 5.91. The topological polar surface area (TPSA) is 61.8 Å². The Bertz CT molecular complexity index is 534. The fraction of sp³-hybridized carbons (Fsp3) is 0.533. The summed E-state index contributed by atoms with van der Waals surface area (Å²) in [6, 6.07) is 3.78. The summed E-state index contributed by atoms with van der Waals surface area (Å²) >= 11 is 0. The van der Waals surface area contributed by atoms with Gasteiger partial charge in [0.1, 0.15) is 11.6 Å². The van der Waals surface area contributed by atoms with E-state index in [9.17, 15) is 14.3 Å². The van der Waals surface area contributed by atoms with Crippen LogP contribution in [-0.2, 0) is 0 Å². The monoisotopic (exact) mass is 294 g/mol. The standard InChI is InChI=1S/C15H19FN2O3/c16-11-3-4-13(14(7-11)21-9-10-1-2-10)17-15(20)18-6-5-12(19)8-18/h3-4,7,10,12,19H,1-2,5-6,8-9H2,(H,17,20)/t12-/m0/s1. The lowest BCUT2D eigenvalue weighted by Gasteiger charge is -2.18. The lowest BCUT2D eigenvalue weighted by molar-refractivity contribution is 0.176. The summed E-state index contributed by atoms with van der Waals surface area (Å²) < 4.78 is 18.9. The van der Waals surface area contributed by atoms with Gasteiger partial charge in [0.05, 0.1) is 18.4 Å². The molecule has 6 heteroatoms. The fourth-order valence-corrected chi connectivity index (χ4v) is 2.33. The zero-order valence-corrected chi connectivity index (χ0v) is 11.7. The average Bonchev–Trinajstić information content (AvgIpc) is 3.19. The molecule has 1 aliphatic heterocycles. The van der Waals surface area contributed by atoms with Crippen molar-refractivity contribution < 1.29 is 19.0 Å². The maximum Gasteiger partial charge on any atom is 0.322 e. The number of ether oxygens (including phenoxy) is 1. The van der Waals surface area contributed by atoms with Crippen LogP contribution in [0.15, 0.2) is 18.2 Å². The minimum absolute atomic E-state index is 0.297. The average molecular weight is 294 g/mol. The Morgan fingerprint density at radius 2 is 2.24 bits per heavy atom. The number of aliphatic hydroxyl groups is 1. The van der Waals surface area contributed by atoms with Crippen molar-refractivity contribution >= 4 is 11.7 Å². The van der Waals surface area contributed by atoms with Gasteiger partial charge in [0, 0.05) is 19.2 Å². The Labute approximate surface area is 122 Å². The van der Waals surface area contributed by atoms with E-state index in [1.165, 1.54) is 18.2 Å². The van der Waals surface area contributed by atoms with Crippen molar-refractivity contribution in [1.82, 2.24) is 4.90 Å². The SMILES string of the molecule is O=C(Nc1ccc(F)cc1OCC1CC1)N1CC[C@H](O)C1. The Balaban J connectivity index is 1.66. The smallest absolute Gasteiger partial charge is 0.322 e. The molecule has 1 saturated carbocycles. The molecule has 0 spiro atoms. The fourth-order valence-electron chi connectivity index (χ4n) is 2.33. The number of nitrogens with one attached hydrogen (secondary N) is 1. The first kappa shape index (κ1) is 14.1. The molecule has 0 unspecified atom stereocenters. The number of benzene rings is 1. The predicted molar refractivity (Wildman–Crippen MR) is 75.8 cm³/mol. The lowest BCUT2D eigenvalue weighted by Crippen LogP contribution is -2.33. The third-order valence-corrected chi connectivity index (χ3v) is 3.81. The normalized spacial score (nSPS) is 21.4. The number of urea groups is 1. The molecule has 2 amide bonds. The number of aliphatic hydroxyl groups excluding tert-OH is 1. The molecule has 1 saturated heterocycles. The van der Waals surface area contributed by atoms with E-state index in [0.717, 1.165) is 12.8 Å². The minimum Gasteiger partial charge on any atom is -0.491 e. The summed E-state index contributed by atoms with van der Waals surface area (Å²) in [7, 11) is 0. The third-order valence-electron chi connectivity index (χ3n) is 3.81. The van der Waals surface area contributed by atoms with Crippen molar-refractivity contribution in [2.24, 2.45) is 5.92 Å². The third kappa shape index (κ3) is 3.64. The number of amides is 2. The number of hydrogen-bond donors (Lipinski definition) is 2. The van der Waals surface area contributed by atoms with E-state index in [-0.39, 0.29) is 6.03 Å². The summed E-state index contributed by atoms with van der Waals surface area (Å²) in [5, 5.41) is 12.2. The van der Waals surface area contributed by atoms with Crippen LogP contribution in [0.25, 0.3) is 0 Å². The van der Waals surface area contributed by atoms with Crippen molar-refractivity contribution in [3.63, 3.8) is 0 Å². The number of carbonyl (C=O) groups is 1. The zero-order valence-electron chi connectivity index (χ0n) is 11.7. The number of rotatable bonds is 4. The summed E-state index contributed by atoms with van der Waals surface area (Å²) in [4.78, 5) is 13.6. The molecule has 2 aliphatic rings. The van der Waals surface area contributed by atoms with Crippen molar-refractivity contribution in [3.8, 4) is 5.75 Å². The van der Waals surface area contributed by atoms with Gasteiger partial charge >= 0.3 is 6.03 Å². The molecule has 2 N–H and O–H groups in total. The molecule has 1 aromatic rings. The number of nitrogens with zero attached hydrogens (tertiary/aromatic N) is 1. The second-order valence-corrected chi connectivity index (χ2v) is 5.71. The van der Waals surface area contributed by atoms with Crippen molar-refractivity contribution in [2.75, 3.05) is 25.0 Å². The number of likely N-dealkylation sites (tertiary alicyclic amines) is 1. The van der Waals surface area contributed by atoms with Crippen LogP contribution in [0.2, 0.25) is 0 Å². The maximum absolute atomic E-state index is 13.3. The molecule has 114 valence electrons. The maximum atomic E-state index is 13.3. The van der Waals surface area contributed by atoms with Gasteiger partial charge in [-0.1, -0.05) is 0 Å². The van der Waals surface area contributed by atoms with Crippen LogP contribution >= 0.6 is 0 Å². The van der Waals surface area contributed by atoms with Crippen molar-refractivity contribution in [1.29, 1.82) is 0 Å². The first-order valence-electron chi connectivity index (χ1n) is 7.28. The highest BCUT2D eigenvalue weighted by atomic mass is 19.1. The molecule has 1 heterocycles. The van der Waals surface area contributed by atoms with E-state index in [1.807, 2.05) is 0 Å². The van der Waals surface area contributed by atoms with E-state index in [1.54, 1.807) is 4.90 Å². The molecular formula is C15H19FN2O3. The molecule has 3 rings (SSSR count). The summed E-state index contributed by atoms with van der Waals surface area (Å²) in [6.45, 7) is 1.40. The van der Waals surface area contributed by atoms with Gasteiger partial charge in [-0.05, 0) is 37.3 Å². The zero-order chi connectivity index (χ0) is 14.8. The van der Waals surface area contributed by atoms with Gasteiger partial charge in [0.25, 0.3) is 0 Å². The molecule has 1 aromatic carbocycles. The Morgan fingerprint density at radius 3 is 2.90 bits per heavy atom. The Morgan fingerprint density at radius 1 is 1.43 bits per heavy atom. The van der Waals surface area contributed by atoms with Crippen LogP contribution in [0, 0.1) is 11.7 Å². The molecule has 0 radical (unpaired) electrons. The molecule has 5 nitrogen and oxygen atoms in total. The summed E-state index contributed by atoms with van der Waals surface area (Å²) in [5.74, 6) is 0.510. The molecular weight excluding hydrogens is 275 g/mol. The van der Waals surface area contributed by atoms with Gasteiger partial charge < -0.3 is 20.1 Å². The van der Waals surface area contributed by atoms with Gasteiger partial charge in [0.2, 0.25) is 0 Å². The number of carbonyl (C=O) groups excluding carboxylic acids is 1. The van der Waals surface area contributed by atoms with E-state index < -0.39 is 11.9 Å². The first-order chi connectivity index (χ1) is 10.1. The summed E-state index contributed by atoms with van der Waals surface area (Å²) in [5.41, 5.74) is 0.462. The Hall–Kier alpha value is -1.82. The predicted octanol–water partition coefficient (Wildman–Crippen LogP) is 2.21. The van der Waals surface area contributed by atoms with Crippen LogP contribution in [0.3, 0.4) is 0 Å². The Kier molecular flexibility index (Phi) is 3.96. The molecule has 0 bridgehead atoms. The van der Waals surface area contributed by atoms with Gasteiger partial charge in [-0.15, -0.1) is 0 Å². The largest absolute Gasteiger partial charge is 0.491 e. The first-order valence-corrected chi connectivity index (χ1v) is 7.28. The van der Waals surface area contributed by atoms with Crippen molar-refractivity contribution in [3.05, 3.63) is 24.0 Å². The highest BCUT2D eigenvalue weighted by Gasteiger charge is 2.26. The van der Waals surface area contributed by atoms with Crippen LogP contribution < -0.4 is 10.1 Å². The van der Waals surface area contributed by atoms with E-state index in [0.29, 0.717) is 43.5 Å². The molecule has 0 aromatic heterocycles. The number of halogens is 1. The number of β-amino-alcohol motifs (C(OH)–C–C–N with tert-alkyl or cyclic N) is 1. The molecule has 1 aliphatic carbocycles. The van der Waals surface area contributed by atoms with Gasteiger partial charge in [-0.25, -0.2) is 9.18 Å². The number of anilines is 1. The molecule has 21 heavy (non-hydrogen) atoms. The second-order valence-electron chi connectivity index (χ2n) is 5.71. The highest BCUT2D eigenvalue weighted by Crippen LogP contribution is 2.32. The van der Waals surface area contributed by atoms with Gasteiger partial charge in [-0.2, -0.15) is 0 Å².